The Morgan fingerprint density at radius 1 is 1.44 bits per heavy atom. The highest BCUT2D eigenvalue weighted by molar-refractivity contribution is 6.07. The van der Waals surface area contributed by atoms with Crippen molar-refractivity contribution in [2.45, 2.75) is 20.3 Å². The second-order valence-corrected chi connectivity index (χ2v) is 4.19. The van der Waals surface area contributed by atoms with E-state index in [4.69, 9.17) is 0 Å². The van der Waals surface area contributed by atoms with Crippen molar-refractivity contribution in [1.29, 1.82) is 0 Å². The summed E-state index contributed by atoms with van der Waals surface area (Å²) in [5.41, 5.74) is 5.14. The zero-order chi connectivity index (χ0) is 13.1. The second-order valence-electron chi connectivity index (χ2n) is 4.19. The van der Waals surface area contributed by atoms with Crippen LogP contribution in [0.25, 0.3) is 0 Å². The molecule has 0 unspecified atom stereocenters. The molecule has 2 heterocycles. The predicted molar refractivity (Wildman–Crippen MR) is 77.3 cm³/mol. The lowest BCUT2D eigenvalue weighted by Crippen LogP contribution is -2.08. The number of rotatable bonds is 5. The molecule has 0 spiro atoms. The molecule has 3 heteroatoms. The van der Waals surface area contributed by atoms with Crippen molar-refractivity contribution in [3.05, 3.63) is 59.9 Å². The first-order chi connectivity index (χ1) is 8.69. The Morgan fingerprint density at radius 3 is 2.61 bits per heavy atom. The van der Waals surface area contributed by atoms with Crippen LogP contribution in [0.5, 0.6) is 0 Å². The summed E-state index contributed by atoms with van der Waals surface area (Å²) in [6.07, 6.45) is 10.6. The average molecular weight is 239 g/mol. The minimum absolute atomic E-state index is 0.834. The number of hydrogen-bond donors (Lipinski definition) is 0. The first-order valence-electron chi connectivity index (χ1n) is 5.89. The minimum Gasteiger partial charge on any atom is -0.324 e. The maximum atomic E-state index is 4.41. The lowest BCUT2D eigenvalue weighted by atomic mass is 9.96. The Labute approximate surface area is 108 Å². The summed E-state index contributed by atoms with van der Waals surface area (Å²) in [5, 5.41) is 0. The summed E-state index contributed by atoms with van der Waals surface area (Å²) < 4.78 is 0. The Bertz CT molecular complexity index is 536. The van der Waals surface area contributed by atoms with Gasteiger partial charge in [0.25, 0.3) is 0 Å². The van der Waals surface area contributed by atoms with E-state index in [-0.39, 0.29) is 0 Å². The maximum absolute atomic E-state index is 4.41. The highest BCUT2D eigenvalue weighted by Gasteiger charge is 2.20. The van der Waals surface area contributed by atoms with E-state index in [9.17, 15) is 0 Å². The van der Waals surface area contributed by atoms with Crippen LogP contribution >= 0.6 is 0 Å². The van der Waals surface area contributed by atoms with E-state index in [2.05, 4.69) is 35.1 Å². The van der Waals surface area contributed by atoms with Crippen LogP contribution in [0.1, 0.15) is 20.3 Å². The van der Waals surface area contributed by atoms with Gasteiger partial charge >= 0.3 is 0 Å². The number of hydrogen-bond acceptors (Lipinski definition) is 3. The molecular formula is C15H17N3. The molecule has 2 aliphatic heterocycles. The van der Waals surface area contributed by atoms with Gasteiger partial charge in [0.1, 0.15) is 0 Å². The van der Waals surface area contributed by atoms with Crippen LogP contribution in [0.4, 0.5) is 0 Å². The van der Waals surface area contributed by atoms with Gasteiger partial charge in [0.05, 0.1) is 5.71 Å². The van der Waals surface area contributed by atoms with Crippen molar-refractivity contribution < 1.29 is 0 Å². The minimum atomic E-state index is 0.834. The molecule has 0 aliphatic carbocycles. The number of allylic oxidation sites excluding steroid dienone is 6. The summed E-state index contributed by atoms with van der Waals surface area (Å²) in [4.78, 5) is 10.5. The smallest absolute Gasteiger partial charge is 0.0538 e. The topological polar surface area (TPSA) is 27.7 Å². The molecule has 0 aromatic heterocycles. The van der Waals surface area contributed by atoms with Crippen LogP contribution in [0.3, 0.4) is 0 Å². The van der Waals surface area contributed by atoms with Gasteiger partial charge in [0.2, 0.25) is 0 Å². The molecule has 0 aromatic rings. The molecule has 0 saturated heterocycles. The van der Waals surface area contributed by atoms with Crippen LogP contribution in [0.15, 0.2) is 69.9 Å². The van der Waals surface area contributed by atoms with Gasteiger partial charge in [-0.1, -0.05) is 18.7 Å². The fourth-order valence-corrected chi connectivity index (χ4v) is 1.99. The molecular weight excluding hydrogens is 222 g/mol. The van der Waals surface area contributed by atoms with Crippen molar-refractivity contribution in [3.8, 4) is 0 Å². The van der Waals surface area contributed by atoms with Crippen molar-refractivity contribution in [3.63, 3.8) is 0 Å². The summed E-state index contributed by atoms with van der Waals surface area (Å²) in [7, 11) is 0. The molecule has 0 atom stereocenters. The van der Waals surface area contributed by atoms with Crippen LogP contribution < -0.4 is 0 Å². The van der Waals surface area contributed by atoms with E-state index in [1.54, 1.807) is 0 Å². The SMILES string of the molecule is C=CC(/C(C1=NC=CC1)=C(\C)N=C)=C(\C)N1C=C1. The summed E-state index contributed by atoms with van der Waals surface area (Å²) in [6.45, 7) is 11.6. The van der Waals surface area contributed by atoms with Gasteiger partial charge in [0.15, 0.2) is 0 Å². The highest BCUT2D eigenvalue weighted by atomic mass is 15.2. The molecule has 0 aromatic carbocycles. The first-order valence-corrected chi connectivity index (χ1v) is 5.89. The number of aliphatic imine (C=N–C) groups is 2. The fraction of sp³-hybridized carbons (Fsp3) is 0.200. The molecule has 18 heavy (non-hydrogen) atoms. The molecule has 0 saturated carbocycles. The van der Waals surface area contributed by atoms with Gasteiger partial charge in [-0.15, -0.1) is 0 Å². The predicted octanol–water partition coefficient (Wildman–Crippen LogP) is 3.57. The van der Waals surface area contributed by atoms with E-state index in [1.165, 1.54) is 0 Å². The zero-order valence-electron chi connectivity index (χ0n) is 10.8. The Balaban J connectivity index is 2.49. The molecule has 0 N–H and O–H groups in total. The summed E-state index contributed by atoms with van der Waals surface area (Å²) in [6, 6.07) is 0. The third kappa shape index (κ3) is 2.25. The third-order valence-electron chi connectivity index (χ3n) is 3.08. The molecule has 0 bridgehead atoms. The van der Waals surface area contributed by atoms with Crippen molar-refractivity contribution >= 4 is 12.4 Å². The van der Waals surface area contributed by atoms with Crippen LogP contribution in [-0.2, 0) is 0 Å². The van der Waals surface area contributed by atoms with Gasteiger partial charge in [0, 0.05) is 47.6 Å². The Kier molecular flexibility index (Phi) is 3.42. The normalized spacial score (nSPS) is 19.2. The third-order valence-corrected chi connectivity index (χ3v) is 3.08. The first kappa shape index (κ1) is 12.3. The lowest BCUT2D eigenvalue weighted by Gasteiger charge is -2.15. The monoisotopic (exact) mass is 239 g/mol. The van der Waals surface area contributed by atoms with E-state index in [1.807, 2.05) is 37.7 Å². The quantitative estimate of drug-likeness (QED) is 0.532. The lowest BCUT2D eigenvalue weighted by molar-refractivity contribution is 0.747. The van der Waals surface area contributed by atoms with Gasteiger partial charge < -0.3 is 4.90 Å². The van der Waals surface area contributed by atoms with Gasteiger partial charge in [-0.05, 0) is 20.6 Å². The largest absolute Gasteiger partial charge is 0.324 e. The van der Waals surface area contributed by atoms with E-state index in [0.29, 0.717) is 0 Å². The molecule has 2 rings (SSSR count). The van der Waals surface area contributed by atoms with Gasteiger partial charge in [-0.3, -0.25) is 9.98 Å². The molecule has 3 nitrogen and oxygen atoms in total. The average Bonchev–Trinajstić information content (AvgIpc) is 3.11. The molecule has 92 valence electrons. The van der Waals surface area contributed by atoms with Crippen LogP contribution in [-0.4, -0.2) is 17.3 Å². The fourth-order valence-electron chi connectivity index (χ4n) is 1.99. The Morgan fingerprint density at radius 2 is 2.17 bits per heavy atom. The maximum Gasteiger partial charge on any atom is 0.0538 e. The van der Waals surface area contributed by atoms with Gasteiger partial charge in [-0.25, -0.2) is 0 Å². The summed E-state index contributed by atoms with van der Waals surface area (Å²) >= 11 is 0. The van der Waals surface area contributed by atoms with E-state index >= 15 is 0 Å². The van der Waals surface area contributed by atoms with Crippen molar-refractivity contribution in [1.82, 2.24) is 4.90 Å². The van der Waals surface area contributed by atoms with E-state index < -0.39 is 0 Å². The van der Waals surface area contributed by atoms with Gasteiger partial charge in [-0.2, -0.15) is 0 Å². The second kappa shape index (κ2) is 5.00. The van der Waals surface area contributed by atoms with Crippen molar-refractivity contribution in [2.75, 3.05) is 0 Å². The van der Waals surface area contributed by atoms with E-state index in [0.717, 1.165) is 34.7 Å². The summed E-state index contributed by atoms with van der Waals surface area (Å²) in [5.74, 6) is 0. The standard InChI is InChI=1S/C15H17N3/c1-5-13(12(3)18-9-10-18)15(11(2)16-4)14-7-6-8-17-14/h5-6,8-10H,1,4,7H2,2-3H3/b13-12-,15-11-. The molecule has 0 fully saturated rings. The highest BCUT2D eigenvalue weighted by Crippen LogP contribution is 2.29. The van der Waals surface area contributed by atoms with Crippen LogP contribution in [0, 0.1) is 0 Å². The van der Waals surface area contributed by atoms with Crippen molar-refractivity contribution in [2.24, 2.45) is 9.98 Å². The van der Waals surface area contributed by atoms with Crippen LogP contribution in [0.2, 0.25) is 0 Å². The molecule has 0 radical (unpaired) electrons. The number of nitrogens with zero attached hydrogens (tertiary/aromatic N) is 3. The molecule has 0 amide bonds. The molecule has 2 aliphatic rings. The Hall–Kier alpha value is -2.16. The zero-order valence-corrected chi connectivity index (χ0v) is 10.8.